The minimum absolute atomic E-state index is 0. The quantitative estimate of drug-likeness (QED) is 0.174. The number of rotatable bonds is 13. The fraction of sp³-hybridized carbons (Fsp3) is 0.750. The van der Waals surface area contributed by atoms with Crippen LogP contribution in [0.15, 0.2) is 22.5 Å². The van der Waals surface area contributed by atoms with Gasteiger partial charge < -0.3 is 24.8 Å². The van der Waals surface area contributed by atoms with E-state index in [-0.39, 0.29) is 24.0 Å². The minimum Gasteiger partial charge on any atom is -0.382 e. The predicted octanol–water partition coefficient (Wildman–Crippen LogP) is 2.74. The predicted molar refractivity (Wildman–Crippen MR) is 131 cm³/mol. The number of aliphatic imine (C=N–C) groups is 1. The molecule has 0 saturated carbocycles. The first-order valence-corrected chi connectivity index (χ1v) is 11.2. The van der Waals surface area contributed by atoms with Crippen LogP contribution in [0.4, 0.5) is 0 Å². The van der Waals surface area contributed by atoms with Gasteiger partial charge in [0.1, 0.15) is 0 Å². The lowest BCUT2D eigenvalue weighted by molar-refractivity contribution is 0.0186. The molecule has 0 aromatic carbocycles. The molecule has 0 bridgehead atoms. The molecular formula is C20H37IN4O3S. The molecule has 9 heteroatoms. The standard InChI is InChI=1S/C20H36N4O3S.HI/c1-3-21-20(22-8-4-5-11-26-15-14-25-2)23-17-18(19-7-6-16-28-19)24-9-12-27-13-10-24;/h6-7,16,18H,3-5,8-15,17H2,1-2H3,(H2,21,22,23);1H. The second-order valence-corrected chi connectivity index (χ2v) is 7.62. The van der Waals surface area contributed by atoms with Crippen molar-refractivity contribution < 1.29 is 14.2 Å². The van der Waals surface area contributed by atoms with Crippen LogP contribution in [-0.2, 0) is 14.2 Å². The highest BCUT2D eigenvalue weighted by Crippen LogP contribution is 2.26. The Morgan fingerprint density at radius 2 is 2.07 bits per heavy atom. The van der Waals surface area contributed by atoms with Crippen molar-refractivity contribution in [2.24, 2.45) is 4.99 Å². The van der Waals surface area contributed by atoms with Crippen molar-refractivity contribution in [1.29, 1.82) is 0 Å². The lowest BCUT2D eigenvalue weighted by Gasteiger charge is -2.33. The molecule has 0 amide bonds. The lowest BCUT2D eigenvalue weighted by Crippen LogP contribution is -2.41. The van der Waals surface area contributed by atoms with Gasteiger partial charge in [-0.05, 0) is 31.2 Å². The second kappa shape index (κ2) is 17.2. The summed E-state index contributed by atoms with van der Waals surface area (Å²) in [4.78, 5) is 8.73. The maximum absolute atomic E-state index is 5.52. The number of nitrogens with one attached hydrogen (secondary N) is 2. The van der Waals surface area contributed by atoms with Crippen LogP contribution in [0, 0.1) is 0 Å². The zero-order chi connectivity index (χ0) is 19.9. The first kappa shape index (κ1) is 26.6. The molecule has 0 radical (unpaired) electrons. The molecular weight excluding hydrogens is 503 g/mol. The Labute approximate surface area is 196 Å². The first-order chi connectivity index (χ1) is 13.8. The molecule has 0 spiro atoms. The Bertz CT molecular complexity index is 528. The number of hydrogen-bond donors (Lipinski definition) is 2. The number of halogens is 1. The van der Waals surface area contributed by atoms with Crippen molar-refractivity contribution in [3.63, 3.8) is 0 Å². The van der Waals surface area contributed by atoms with E-state index in [4.69, 9.17) is 19.2 Å². The first-order valence-electron chi connectivity index (χ1n) is 10.3. The summed E-state index contributed by atoms with van der Waals surface area (Å²) in [5.41, 5.74) is 0. The van der Waals surface area contributed by atoms with E-state index in [0.29, 0.717) is 19.3 Å². The van der Waals surface area contributed by atoms with Crippen molar-refractivity contribution in [2.75, 3.05) is 72.9 Å². The van der Waals surface area contributed by atoms with Gasteiger partial charge in [0.05, 0.1) is 39.0 Å². The second-order valence-electron chi connectivity index (χ2n) is 6.64. The topological polar surface area (TPSA) is 67.4 Å². The van der Waals surface area contributed by atoms with Crippen molar-refractivity contribution in [2.45, 2.75) is 25.8 Å². The minimum atomic E-state index is 0. The van der Waals surface area contributed by atoms with Crippen LogP contribution < -0.4 is 10.6 Å². The molecule has 1 fully saturated rings. The number of methoxy groups -OCH3 is 1. The van der Waals surface area contributed by atoms with E-state index in [9.17, 15) is 0 Å². The Balaban J connectivity index is 0.00000420. The summed E-state index contributed by atoms with van der Waals surface area (Å²) >= 11 is 1.81. The van der Waals surface area contributed by atoms with Gasteiger partial charge in [-0.2, -0.15) is 0 Å². The van der Waals surface area contributed by atoms with Crippen molar-refractivity contribution in [1.82, 2.24) is 15.5 Å². The highest BCUT2D eigenvalue weighted by molar-refractivity contribution is 14.0. The normalized spacial score (nSPS) is 16.3. The van der Waals surface area contributed by atoms with Gasteiger partial charge in [0.15, 0.2) is 5.96 Å². The van der Waals surface area contributed by atoms with Crippen LogP contribution in [0.1, 0.15) is 30.7 Å². The number of ether oxygens (including phenoxy) is 3. The monoisotopic (exact) mass is 540 g/mol. The van der Waals surface area contributed by atoms with Gasteiger partial charge in [0.2, 0.25) is 0 Å². The molecule has 1 aliphatic heterocycles. The Hall–Kier alpha value is -0.460. The van der Waals surface area contributed by atoms with Gasteiger partial charge in [-0.1, -0.05) is 6.07 Å². The highest BCUT2D eigenvalue weighted by Gasteiger charge is 2.23. The summed E-state index contributed by atoms with van der Waals surface area (Å²) in [7, 11) is 1.69. The Morgan fingerprint density at radius 3 is 2.76 bits per heavy atom. The molecule has 1 aliphatic rings. The van der Waals surface area contributed by atoms with Gasteiger partial charge in [0, 0.05) is 44.8 Å². The summed E-state index contributed by atoms with van der Waals surface area (Å²) in [5, 5.41) is 8.94. The maximum Gasteiger partial charge on any atom is 0.191 e. The van der Waals surface area contributed by atoms with Crippen molar-refractivity contribution in [3.8, 4) is 0 Å². The van der Waals surface area contributed by atoms with E-state index in [1.807, 2.05) is 0 Å². The molecule has 2 heterocycles. The van der Waals surface area contributed by atoms with Crippen molar-refractivity contribution in [3.05, 3.63) is 22.4 Å². The van der Waals surface area contributed by atoms with Gasteiger partial charge in [-0.15, -0.1) is 35.3 Å². The van der Waals surface area contributed by atoms with Gasteiger partial charge in [-0.3, -0.25) is 9.89 Å². The van der Waals surface area contributed by atoms with Gasteiger partial charge >= 0.3 is 0 Å². The SMILES string of the molecule is CCNC(=NCC(c1cccs1)N1CCOCC1)NCCCCOCCOC.I. The smallest absolute Gasteiger partial charge is 0.191 e. The summed E-state index contributed by atoms with van der Waals surface area (Å²) in [5.74, 6) is 0.887. The lowest BCUT2D eigenvalue weighted by atomic mass is 10.2. The molecule has 168 valence electrons. The van der Waals surface area contributed by atoms with Crippen LogP contribution in [0.2, 0.25) is 0 Å². The van der Waals surface area contributed by atoms with E-state index in [0.717, 1.165) is 71.3 Å². The van der Waals surface area contributed by atoms with E-state index >= 15 is 0 Å². The summed E-state index contributed by atoms with van der Waals surface area (Å²) in [6.07, 6.45) is 2.08. The maximum atomic E-state index is 5.52. The van der Waals surface area contributed by atoms with Crippen LogP contribution in [0.3, 0.4) is 0 Å². The number of thiophene rings is 1. The summed E-state index contributed by atoms with van der Waals surface area (Å²) < 4.78 is 16.0. The number of guanidine groups is 1. The molecule has 0 aliphatic carbocycles. The zero-order valence-corrected chi connectivity index (χ0v) is 20.9. The largest absolute Gasteiger partial charge is 0.382 e. The van der Waals surface area contributed by atoms with Crippen LogP contribution >= 0.6 is 35.3 Å². The molecule has 1 aromatic heterocycles. The molecule has 1 saturated heterocycles. The molecule has 2 N–H and O–H groups in total. The molecule has 1 atom stereocenters. The Morgan fingerprint density at radius 1 is 1.24 bits per heavy atom. The molecule has 1 unspecified atom stereocenters. The van der Waals surface area contributed by atoms with Crippen LogP contribution in [-0.4, -0.2) is 83.7 Å². The van der Waals surface area contributed by atoms with Crippen LogP contribution in [0.25, 0.3) is 0 Å². The third-order valence-corrected chi connectivity index (χ3v) is 5.54. The number of hydrogen-bond acceptors (Lipinski definition) is 6. The van der Waals surface area contributed by atoms with E-state index in [1.165, 1.54) is 4.88 Å². The third kappa shape index (κ3) is 10.9. The van der Waals surface area contributed by atoms with Gasteiger partial charge in [-0.25, -0.2) is 0 Å². The molecule has 2 rings (SSSR count). The van der Waals surface area contributed by atoms with E-state index in [2.05, 4.69) is 40.0 Å². The summed E-state index contributed by atoms with van der Waals surface area (Å²) in [6, 6.07) is 4.65. The fourth-order valence-electron chi connectivity index (χ4n) is 3.06. The third-order valence-electron chi connectivity index (χ3n) is 4.56. The Kier molecular flexibility index (Phi) is 15.8. The molecule has 7 nitrogen and oxygen atoms in total. The van der Waals surface area contributed by atoms with Gasteiger partial charge in [0.25, 0.3) is 0 Å². The number of nitrogens with zero attached hydrogens (tertiary/aromatic N) is 2. The van der Waals surface area contributed by atoms with Crippen LogP contribution in [0.5, 0.6) is 0 Å². The van der Waals surface area contributed by atoms with E-state index < -0.39 is 0 Å². The molecule has 1 aromatic rings. The average molecular weight is 541 g/mol. The molecule has 29 heavy (non-hydrogen) atoms. The average Bonchev–Trinajstić information content (AvgIpc) is 3.25. The highest BCUT2D eigenvalue weighted by atomic mass is 127. The summed E-state index contributed by atoms with van der Waals surface area (Å²) in [6.45, 7) is 10.2. The number of unbranched alkanes of at least 4 members (excludes halogenated alkanes) is 1. The van der Waals surface area contributed by atoms with Crippen molar-refractivity contribution >= 4 is 41.3 Å². The number of morpholine rings is 1. The van der Waals surface area contributed by atoms with E-state index in [1.54, 1.807) is 18.4 Å². The zero-order valence-electron chi connectivity index (χ0n) is 17.7. The fourth-order valence-corrected chi connectivity index (χ4v) is 3.91.